The molecule has 0 radical (unpaired) electrons. The normalized spacial score (nSPS) is 12.2. The molecule has 0 aliphatic heterocycles. The fraction of sp³-hybridized carbons (Fsp3) is 0.417. The first-order chi connectivity index (χ1) is 7.54. The fourth-order valence-electron chi connectivity index (χ4n) is 1.35. The number of hydrogen-bond acceptors (Lipinski definition) is 3. The number of carbonyl (C=O) groups excluding carboxylic acids is 1. The van der Waals surface area contributed by atoms with Gasteiger partial charge in [0.05, 0.1) is 0 Å². The summed E-state index contributed by atoms with van der Waals surface area (Å²) in [5.74, 6) is 0.108. The number of rotatable bonds is 4. The lowest BCUT2D eigenvalue weighted by Gasteiger charge is -2.19. The minimum atomic E-state index is -0.104. The van der Waals surface area contributed by atoms with Gasteiger partial charge in [0.25, 0.3) is 0 Å². The number of hydrogen-bond donors (Lipinski definition) is 2. The zero-order valence-corrected chi connectivity index (χ0v) is 9.68. The summed E-state index contributed by atoms with van der Waals surface area (Å²) in [4.78, 5) is 13.3. The smallest absolute Gasteiger partial charge is 0.228 e. The summed E-state index contributed by atoms with van der Waals surface area (Å²) in [6.07, 6.45) is 1.10. The Morgan fingerprint density at radius 2 is 2.25 bits per heavy atom. The maximum absolute atomic E-state index is 11.8. The van der Waals surface area contributed by atoms with Gasteiger partial charge < -0.3 is 15.7 Å². The van der Waals surface area contributed by atoms with Crippen molar-refractivity contribution < 1.29 is 9.90 Å². The maximum atomic E-state index is 11.8. The lowest BCUT2D eigenvalue weighted by molar-refractivity contribution is -0.118. The molecular weight excluding hydrogens is 204 g/mol. The summed E-state index contributed by atoms with van der Waals surface area (Å²) in [6, 6.07) is 6.49. The Bertz CT molecular complexity index is 366. The molecule has 0 saturated carbocycles. The molecule has 16 heavy (non-hydrogen) atoms. The van der Waals surface area contributed by atoms with E-state index >= 15 is 0 Å². The Hall–Kier alpha value is -1.55. The van der Waals surface area contributed by atoms with E-state index in [4.69, 9.17) is 5.73 Å². The van der Waals surface area contributed by atoms with Crippen molar-refractivity contribution in [3.05, 3.63) is 24.3 Å². The topological polar surface area (TPSA) is 66.6 Å². The van der Waals surface area contributed by atoms with Gasteiger partial charge in [-0.2, -0.15) is 0 Å². The summed E-state index contributed by atoms with van der Waals surface area (Å²) >= 11 is 0. The summed E-state index contributed by atoms with van der Waals surface area (Å²) in [6.45, 7) is 1.95. The average molecular weight is 222 g/mol. The SMILES string of the molecule is CCC(N)CC(=O)N(C)c1cccc(O)c1. The van der Waals surface area contributed by atoms with Gasteiger partial charge in [-0.1, -0.05) is 13.0 Å². The second-order valence-electron chi connectivity index (χ2n) is 3.85. The highest BCUT2D eigenvalue weighted by Gasteiger charge is 2.14. The molecule has 0 heterocycles. The van der Waals surface area contributed by atoms with Crippen LogP contribution in [0.2, 0.25) is 0 Å². The van der Waals surface area contributed by atoms with Gasteiger partial charge in [-0.25, -0.2) is 0 Å². The van der Waals surface area contributed by atoms with E-state index in [1.165, 1.54) is 4.90 Å². The highest BCUT2D eigenvalue weighted by Crippen LogP contribution is 2.19. The molecule has 0 aromatic heterocycles. The number of carbonyl (C=O) groups is 1. The highest BCUT2D eigenvalue weighted by atomic mass is 16.3. The summed E-state index contributed by atoms with van der Waals surface area (Å²) < 4.78 is 0. The van der Waals surface area contributed by atoms with Crippen LogP contribution < -0.4 is 10.6 Å². The first-order valence-electron chi connectivity index (χ1n) is 5.35. The van der Waals surface area contributed by atoms with Crippen LogP contribution in [0.5, 0.6) is 5.75 Å². The van der Waals surface area contributed by atoms with E-state index in [9.17, 15) is 9.90 Å². The number of aromatic hydroxyl groups is 1. The van der Waals surface area contributed by atoms with Gasteiger partial charge in [0.15, 0.2) is 0 Å². The third-order valence-electron chi connectivity index (χ3n) is 2.55. The molecule has 0 bridgehead atoms. The number of anilines is 1. The number of amides is 1. The van der Waals surface area contributed by atoms with Crippen molar-refractivity contribution in [2.45, 2.75) is 25.8 Å². The molecule has 1 rings (SSSR count). The molecule has 1 atom stereocenters. The van der Waals surface area contributed by atoms with Crippen molar-refractivity contribution >= 4 is 11.6 Å². The van der Waals surface area contributed by atoms with Crippen LogP contribution in [0.25, 0.3) is 0 Å². The number of nitrogens with zero attached hydrogens (tertiary/aromatic N) is 1. The first kappa shape index (κ1) is 12.5. The van der Waals surface area contributed by atoms with E-state index in [-0.39, 0.29) is 17.7 Å². The second kappa shape index (κ2) is 5.51. The Balaban J connectivity index is 2.70. The molecule has 0 aliphatic carbocycles. The standard InChI is InChI=1S/C12H18N2O2/c1-3-9(13)7-12(16)14(2)10-5-4-6-11(15)8-10/h4-6,8-9,15H,3,7,13H2,1-2H3. The largest absolute Gasteiger partial charge is 0.508 e. The van der Waals surface area contributed by atoms with Crippen LogP contribution in [-0.4, -0.2) is 24.1 Å². The van der Waals surface area contributed by atoms with E-state index < -0.39 is 0 Å². The first-order valence-corrected chi connectivity index (χ1v) is 5.35. The van der Waals surface area contributed by atoms with Gasteiger partial charge in [-0.3, -0.25) is 4.79 Å². The third-order valence-corrected chi connectivity index (χ3v) is 2.55. The molecule has 0 spiro atoms. The number of phenols is 1. The molecule has 3 N–H and O–H groups in total. The van der Waals surface area contributed by atoms with Crippen molar-refractivity contribution in [2.75, 3.05) is 11.9 Å². The van der Waals surface area contributed by atoms with E-state index in [0.717, 1.165) is 6.42 Å². The molecular formula is C12H18N2O2. The van der Waals surface area contributed by atoms with Gasteiger partial charge in [0.1, 0.15) is 5.75 Å². The molecule has 4 nitrogen and oxygen atoms in total. The van der Waals surface area contributed by atoms with E-state index in [1.807, 2.05) is 6.92 Å². The molecule has 0 fully saturated rings. The number of phenolic OH excluding ortho intramolecular Hbond substituents is 1. The summed E-state index contributed by atoms with van der Waals surface area (Å²) in [7, 11) is 1.68. The fourth-order valence-corrected chi connectivity index (χ4v) is 1.35. The van der Waals surface area contributed by atoms with E-state index in [0.29, 0.717) is 12.1 Å². The van der Waals surface area contributed by atoms with Crippen LogP contribution in [0.1, 0.15) is 19.8 Å². The van der Waals surface area contributed by atoms with Crippen LogP contribution in [0.3, 0.4) is 0 Å². The monoisotopic (exact) mass is 222 g/mol. The molecule has 1 amide bonds. The molecule has 1 unspecified atom stereocenters. The molecule has 0 saturated heterocycles. The quantitative estimate of drug-likeness (QED) is 0.811. The average Bonchev–Trinajstić information content (AvgIpc) is 2.27. The highest BCUT2D eigenvalue weighted by molar-refractivity contribution is 5.93. The second-order valence-corrected chi connectivity index (χ2v) is 3.85. The van der Waals surface area contributed by atoms with Gasteiger partial charge >= 0.3 is 0 Å². The zero-order valence-electron chi connectivity index (χ0n) is 9.68. The molecule has 0 aliphatic rings. The molecule has 4 heteroatoms. The van der Waals surface area contributed by atoms with Crippen molar-refractivity contribution in [1.82, 2.24) is 0 Å². The van der Waals surface area contributed by atoms with Gasteiger partial charge in [-0.15, -0.1) is 0 Å². The van der Waals surface area contributed by atoms with Gasteiger partial charge in [-0.05, 0) is 18.6 Å². The van der Waals surface area contributed by atoms with Crippen LogP contribution >= 0.6 is 0 Å². The van der Waals surface area contributed by atoms with E-state index in [1.54, 1.807) is 31.3 Å². The van der Waals surface area contributed by atoms with Crippen LogP contribution in [0.15, 0.2) is 24.3 Å². The minimum absolute atomic E-state index is 0.0417. The van der Waals surface area contributed by atoms with Crippen molar-refractivity contribution in [2.24, 2.45) is 5.73 Å². The van der Waals surface area contributed by atoms with Gasteiger partial charge in [0, 0.05) is 31.3 Å². The predicted octanol–water partition coefficient (Wildman–Crippen LogP) is 1.48. The Morgan fingerprint density at radius 3 is 2.81 bits per heavy atom. The van der Waals surface area contributed by atoms with Crippen molar-refractivity contribution in [1.29, 1.82) is 0 Å². The number of benzene rings is 1. The maximum Gasteiger partial charge on any atom is 0.228 e. The van der Waals surface area contributed by atoms with Crippen LogP contribution in [0, 0.1) is 0 Å². The van der Waals surface area contributed by atoms with E-state index in [2.05, 4.69) is 0 Å². The Morgan fingerprint density at radius 1 is 1.56 bits per heavy atom. The zero-order chi connectivity index (χ0) is 12.1. The van der Waals surface area contributed by atoms with Crippen molar-refractivity contribution in [3.63, 3.8) is 0 Å². The third kappa shape index (κ3) is 3.24. The summed E-state index contributed by atoms with van der Waals surface area (Å²) in [5.41, 5.74) is 6.40. The van der Waals surface area contributed by atoms with Gasteiger partial charge in [0.2, 0.25) is 5.91 Å². The lowest BCUT2D eigenvalue weighted by Crippen LogP contribution is -2.32. The minimum Gasteiger partial charge on any atom is -0.508 e. The van der Waals surface area contributed by atoms with Crippen LogP contribution in [-0.2, 0) is 4.79 Å². The molecule has 88 valence electrons. The molecule has 1 aromatic carbocycles. The number of nitrogens with two attached hydrogens (primary N) is 1. The Labute approximate surface area is 95.7 Å². The van der Waals surface area contributed by atoms with Crippen LogP contribution in [0.4, 0.5) is 5.69 Å². The predicted molar refractivity (Wildman–Crippen MR) is 64.4 cm³/mol. The molecule has 1 aromatic rings. The lowest BCUT2D eigenvalue weighted by atomic mass is 10.1. The van der Waals surface area contributed by atoms with Crippen molar-refractivity contribution in [3.8, 4) is 5.75 Å². The Kier molecular flexibility index (Phi) is 4.31. The summed E-state index contributed by atoms with van der Waals surface area (Å²) in [5, 5.41) is 9.31.